The molecular formula is C24H32N2O5S. The number of sulfonamides is 1. The molecule has 0 saturated heterocycles. The number of hydrogen-bond donors (Lipinski definition) is 1. The Labute approximate surface area is 190 Å². The molecule has 7 nitrogen and oxygen atoms in total. The van der Waals surface area contributed by atoms with Crippen LogP contribution in [0.1, 0.15) is 51.3 Å². The summed E-state index contributed by atoms with van der Waals surface area (Å²) in [7, 11) is -3.67. The van der Waals surface area contributed by atoms with Crippen LogP contribution in [-0.2, 0) is 14.8 Å². The van der Waals surface area contributed by atoms with E-state index in [1.165, 1.54) is 0 Å². The highest BCUT2D eigenvalue weighted by Crippen LogP contribution is 2.39. The van der Waals surface area contributed by atoms with Gasteiger partial charge in [0, 0.05) is 12.0 Å². The van der Waals surface area contributed by atoms with E-state index >= 15 is 0 Å². The Bertz CT molecular complexity index is 1080. The normalized spacial score (nSPS) is 17.3. The van der Waals surface area contributed by atoms with E-state index in [4.69, 9.17) is 9.47 Å². The lowest BCUT2D eigenvalue weighted by atomic mass is 9.89. The highest BCUT2D eigenvalue weighted by Gasteiger charge is 2.35. The average molecular weight is 461 g/mol. The molecule has 0 saturated carbocycles. The van der Waals surface area contributed by atoms with Crippen molar-refractivity contribution in [2.75, 3.05) is 17.1 Å². The van der Waals surface area contributed by atoms with E-state index in [-0.39, 0.29) is 24.6 Å². The standard InChI is InChI=1S/C24H32N2O5S/c1-16(2)30-19-10-8-18(9-11-19)26(32(6,28)29)15-23(27)25-21-14-24(4,5)31-22-13-17(3)7-12-20(21)22/h7-13,16,21H,14-15H2,1-6H3,(H,25,27). The van der Waals surface area contributed by atoms with Crippen molar-refractivity contribution in [1.29, 1.82) is 0 Å². The minimum absolute atomic E-state index is 0.00743. The second-order valence-electron chi connectivity index (χ2n) is 9.16. The predicted molar refractivity (Wildman–Crippen MR) is 126 cm³/mol. The number of aryl methyl sites for hydroxylation is 1. The van der Waals surface area contributed by atoms with Crippen LogP contribution in [0.25, 0.3) is 0 Å². The van der Waals surface area contributed by atoms with Gasteiger partial charge in [-0.25, -0.2) is 8.42 Å². The number of amides is 1. The number of ether oxygens (including phenoxy) is 2. The number of rotatable bonds is 7. The molecule has 1 N–H and O–H groups in total. The summed E-state index contributed by atoms with van der Waals surface area (Å²) in [6.07, 6.45) is 1.68. The van der Waals surface area contributed by atoms with E-state index in [1.807, 2.05) is 52.8 Å². The quantitative estimate of drug-likeness (QED) is 0.676. The molecule has 2 aromatic carbocycles. The summed E-state index contributed by atoms with van der Waals surface area (Å²) in [5.74, 6) is 0.998. The second kappa shape index (κ2) is 9.02. The van der Waals surface area contributed by atoms with Crippen molar-refractivity contribution in [1.82, 2.24) is 5.32 Å². The van der Waals surface area contributed by atoms with Gasteiger partial charge in [-0.1, -0.05) is 12.1 Å². The van der Waals surface area contributed by atoms with E-state index in [0.717, 1.165) is 27.4 Å². The Kier molecular flexibility index (Phi) is 6.74. The summed E-state index contributed by atoms with van der Waals surface area (Å²) in [6, 6.07) is 12.3. The maximum absolute atomic E-state index is 13.0. The number of anilines is 1. The van der Waals surface area contributed by atoms with Crippen LogP contribution < -0.4 is 19.1 Å². The van der Waals surface area contributed by atoms with Crippen LogP contribution in [0.2, 0.25) is 0 Å². The number of carbonyl (C=O) groups is 1. The summed E-state index contributed by atoms with van der Waals surface area (Å²) < 4.78 is 37.7. The number of hydrogen-bond acceptors (Lipinski definition) is 5. The van der Waals surface area contributed by atoms with Gasteiger partial charge in [0.25, 0.3) is 0 Å². The van der Waals surface area contributed by atoms with Gasteiger partial charge in [-0.3, -0.25) is 9.10 Å². The van der Waals surface area contributed by atoms with Gasteiger partial charge in [-0.15, -0.1) is 0 Å². The first kappa shape index (κ1) is 23.9. The van der Waals surface area contributed by atoms with Crippen LogP contribution in [0.5, 0.6) is 11.5 Å². The third kappa shape index (κ3) is 5.94. The molecule has 174 valence electrons. The van der Waals surface area contributed by atoms with Crippen molar-refractivity contribution in [3.05, 3.63) is 53.6 Å². The summed E-state index contributed by atoms with van der Waals surface area (Å²) in [4.78, 5) is 13.0. The van der Waals surface area contributed by atoms with Gasteiger partial charge in [0.2, 0.25) is 15.9 Å². The molecule has 3 rings (SSSR count). The average Bonchev–Trinajstić information content (AvgIpc) is 2.64. The van der Waals surface area contributed by atoms with Crippen molar-refractivity contribution in [2.45, 2.75) is 58.8 Å². The molecule has 1 unspecified atom stereocenters. The van der Waals surface area contributed by atoms with Crippen molar-refractivity contribution in [2.24, 2.45) is 0 Å². The van der Waals surface area contributed by atoms with E-state index in [2.05, 4.69) is 5.32 Å². The molecule has 0 radical (unpaired) electrons. The fourth-order valence-electron chi connectivity index (χ4n) is 3.82. The summed E-state index contributed by atoms with van der Waals surface area (Å²) >= 11 is 0. The Morgan fingerprint density at radius 1 is 1.22 bits per heavy atom. The zero-order valence-corrected chi connectivity index (χ0v) is 20.3. The molecule has 8 heteroatoms. The molecule has 2 aromatic rings. The molecule has 1 aliphatic rings. The summed E-state index contributed by atoms with van der Waals surface area (Å²) in [6.45, 7) is 9.45. The smallest absolute Gasteiger partial charge is 0.241 e. The van der Waals surface area contributed by atoms with Crippen molar-refractivity contribution in [3.63, 3.8) is 0 Å². The lowest BCUT2D eigenvalue weighted by molar-refractivity contribution is -0.120. The Balaban J connectivity index is 1.79. The number of fused-ring (bicyclic) bond motifs is 1. The largest absolute Gasteiger partial charge is 0.491 e. The first-order chi connectivity index (χ1) is 14.8. The van der Waals surface area contributed by atoms with Crippen molar-refractivity contribution < 1.29 is 22.7 Å². The van der Waals surface area contributed by atoms with Crippen LogP contribution in [0.15, 0.2) is 42.5 Å². The van der Waals surface area contributed by atoms with Gasteiger partial charge in [0.15, 0.2) is 0 Å². The third-order valence-electron chi connectivity index (χ3n) is 5.15. The van der Waals surface area contributed by atoms with Gasteiger partial charge >= 0.3 is 0 Å². The maximum Gasteiger partial charge on any atom is 0.241 e. The lowest BCUT2D eigenvalue weighted by Crippen LogP contribution is -2.45. The van der Waals surface area contributed by atoms with E-state index in [1.54, 1.807) is 24.3 Å². The molecule has 0 aliphatic carbocycles. The molecule has 32 heavy (non-hydrogen) atoms. The number of nitrogens with zero attached hydrogens (tertiary/aromatic N) is 1. The van der Waals surface area contributed by atoms with Crippen molar-refractivity contribution >= 4 is 21.6 Å². The second-order valence-corrected chi connectivity index (χ2v) is 11.1. The molecule has 1 amide bonds. The fourth-order valence-corrected chi connectivity index (χ4v) is 4.68. The summed E-state index contributed by atoms with van der Waals surface area (Å²) in [5.41, 5.74) is 1.91. The van der Waals surface area contributed by atoms with E-state index in [9.17, 15) is 13.2 Å². The Morgan fingerprint density at radius 3 is 2.47 bits per heavy atom. The van der Waals surface area contributed by atoms with Crippen LogP contribution in [0.3, 0.4) is 0 Å². The van der Waals surface area contributed by atoms with Crippen molar-refractivity contribution in [3.8, 4) is 11.5 Å². The molecule has 0 fully saturated rings. The van der Waals surface area contributed by atoms with Crippen LogP contribution >= 0.6 is 0 Å². The van der Waals surface area contributed by atoms with Gasteiger partial charge in [-0.2, -0.15) is 0 Å². The maximum atomic E-state index is 13.0. The van der Waals surface area contributed by atoms with Crippen LogP contribution in [0.4, 0.5) is 5.69 Å². The molecule has 0 spiro atoms. The molecule has 1 atom stereocenters. The number of carbonyl (C=O) groups excluding carboxylic acids is 1. The fraction of sp³-hybridized carbons (Fsp3) is 0.458. The lowest BCUT2D eigenvalue weighted by Gasteiger charge is -2.38. The molecule has 0 bridgehead atoms. The highest BCUT2D eigenvalue weighted by molar-refractivity contribution is 7.92. The Morgan fingerprint density at radius 2 is 1.88 bits per heavy atom. The number of benzene rings is 2. The third-order valence-corrected chi connectivity index (χ3v) is 6.29. The Hall–Kier alpha value is -2.74. The van der Waals surface area contributed by atoms with Crippen LogP contribution in [-0.4, -0.2) is 38.8 Å². The minimum atomic E-state index is -3.67. The van der Waals surface area contributed by atoms with Gasteiger partial charge in [-0.05, 0) is 70.5 Å². The zero-order chi connectivity index (χ0) is 23.7. The highest BCUT2D eigenvalue weighted by atomic mass is 32.2. The van der Waals surface area contributed by atoms with E-state index < -0.39 is 15.6 Å². The molecule has 1 heterocycles. The topological polar surface area (TPSA) is 84.9 Å². The summed E-state index contributed by atoms with van der Waals surface area (Å²) in [5, 5.41) is 3.01. The van der Waals surface area contributed by atoms with Gasteiger partial charge in [0.05, 0.1) is 24.1 Å². The van der Waals surface area contributed by atoms with Crippen LogP contribution in [0, 0.1) is 6.92 Å². The monoisotopic (exact) mass is 460 g/mol. The number of nitrogens with one attached hydrogen (secondary N) is 1. The molecule has 1 aliphatic heterocycles. The SMILES string of the molecule is Cc1ccc2c(c1)OC(C)(C)CC2NC(=O)CN(c1ccc(OC(C)C)cc1)S(C)(=O)=O. The first-order valence-corrected chi connectivity index (χ1v) is 12.5. The first-order valence-electron chi connectivity index (χ1n) is 10.7. The minimum Gasteiger partial charge on any atom is -0.491 e. The van der Waals surface area contributed by atoms with Gasteiger partial charge < -0.3 is 14.8 Å². The van der Waals surface area contributed by atoms with Gasteiger partial charge in [0.1, 0.15) is 23.6 Å². The molecular weight excluding hydrogens is 428 g/mol. The molecule has 0 aromatic heterocycles. The van der Waals surface area contributed by atoms with E-state index in [0.29, 0.717) is 17.9 Å². The zero-order valence-electron chi connectivity index (χ0n) is 19.5. The predicted octanol–water partition coefficient (Wildman–Crippen LogP) is 3.97.